The maximum absolute atomic E-state index is 12.7. The number of rotatable bonds is 9. The van der Waals surface area contributed by atoms with Crippen LogP contribution >= 0.6 is 11.8 Å². The van der Waals surface area contributed by atoms with Gasteiger partial charge in [-0.3, -0.25) is 4.79 Å². The number of nitrogens with zero attached hydrogens (tertiary/aromatic N) is 1. The molecular weight excluding hydrogens is 382 g/mol. The Balaban J connectivity index is 2.56. The second-order valence-corrected chi connectivity index (χ2v) is 6.96. The Morgan fingerprint density at radius 2 is 1.64 bits per heavy atom. The average molecular weight is 407 g/mol. The van der Waals surface area contributed by atoms with E-state index in [1.54, 1.807) is 31.4 Å². The van der Waals surface area contributed by atoms with Crippen molar-refractivity contribution >= 4 is 35.2 Å². The standard InChI is InChI=1S/C20H25NO6S/c1-5-25-15(22)9-11-28-18-16(19(23)26-6-2)14-12-13(4)8-10-21(14)17(18)20(24)27-7-3/h8,10,12H,5-7,9,11H2,1-4H3. The molecule has 0 spiro atoms. The van der Waals surface area contributed by atoms with Gasteiger partial charge in [0.15, 0.2) is 0 Å². The van der Waals surface area contributed by atoms with Crippen LogP contribution < -0.4 is 0 Å². The number of esters is 3. The van der Waals surface area contributed by atoms with Crippen molar-refractivity contribution < 1.29 is 28.6 Å². The fourth-order valence-electron chi connectivity index (χ4n) is 2.74. The van der Waals surface area contributed by atoms with E-state index in [0.29, 0.717) is 28.3 Å². The maximum atomic E-state index is 12.7. The molecule has 28 heavy (non-hydrogen) atoms. The molecule has 2 aromatic heterocycles. The third kappa shape index (κ3) is 4.86. The van der Waals surface area contributed by atoms with Gasteiger partial charge in [0.05, 0.1) is 42.2 Å². The van der Waals surface area contributed by atoms with Crippen LogP contribution in [0.25, 0.3) is 5.52 Å². The largest absolute Gasteiger partial charge is 0.466 e. The highest BCUT2D eigenvalue weighted by atomic mass is 32.2. The van der Waals surface area contributed by atoms with Crippen LogP contribution in [0.15, 0.2) is 23.2 Å². The summed E-state index contributed by atoms with van der Waals surface area (Å²) < 4.78 is 17.0. The summed E-state index contributed by atoms with van der Waals surface area (Å²) in [5, 5.41) is 0. The summed E-state index contributed by atoms with van der Waals surface area (Å²) in [6.07, 6.45) is 1.89. The van der Waals surface area contributed by atoms with Gasteiger partial charge in [0.1, 0.15) is 5.69 Å². The number of hydrogen-bond donors (Lipinski definition) is 0. The average Bonchev–Trinajstić information content (AvgIpc) is 2.95. The van der Waals surface area contributed by atoms with Gasteiger partial charge in [-0.2, -0.15) is 0 Å². The number of thioether (sulfide) groups is 1. The van der Waals surface area contributed by atoms with Crippen LogP contribution in [0.3, 0.4) is 0 Å². The summed E-state index contributed by atoms with van der Waals surface area (Å²) in [7, 11) is 0. The first-order chi connectivity index (χ1) is 13.4. The summed E-state index contributed by atoms with van der Waals surface area (Å²) in [6, 6.07) is 3.67. The van der Waals surface area contributed by atoms with Crippen LogP contribution in [0.2, 0.25) is 0 Å². The highest BCUT2D eigenvalue weighted by Gasteiger charge is 2.29. The van der Waals surface area contributed by atoms with Crippen LogP contribution in [0, 0.1) is 6.92 Å². The Morgan fingerprint density at radius 3 is 2.29 bits per heavy atom. The van der Waals surface area contributed by atoms with Crippen LogP contribution in [0.4, 0.5) is 0 Å². The number of pyridine rings is 1. The van der Waals surface area contributed by atoms with Gasteiger partial charge in [0, 0.05) is 11.9 Å². The molecule has 0 saturated heterocycles. The summed E-state index contributed by atoms with van der Waals surface area (Å²) in [5.41, 5.74) is 2.07. The molecule has 2 rings (SSSR count). The lowest BCUT2D eigenvalue weighted by molar-refractivity contribution is -0.142. The van der Waals surface area contributed by atoms with Gasteiger partial charge in [0.25, 0.3) is 0 Å². The molecule has 0 atom stereocenters. The van der Waals surface area contributed by atoms with Crippen molar-refractivity contribution in [3.8, 4) is 0 Å². The Hall–Kier alpha value is -2.48. The highest BCUT2D eigenvalue weighted by molar-refractivity contribution is 7.99. The molecule has 8 heteroatoms. The normalized spacial score (nSPS) is 10.7. The van der Waals surface area contributed by atoms with E-state index in [0.717, 1.165) is 5.56 Å². The van der Waals surface area contributed by atoms with E-state index in [2.05, 4.69) is 0 Å². The minimum Gasteiger partial charge on any atom is -0.466 e. The van der Waals surface area contributed by atoms with E-state index in [-0.39, 0.29) is 31.3 Å². The number of hydrogen-bond acceptors (Lipinski definition) is 7. The lowest BCUT2D eigenvalue weighted by Crippen LogP contribution is -2.10. The van der Waals surface area contributed by atoms with E-state index in [9.17, 15) is 14.4 Å². The zero-order chi connectivity index (χ0) is 20.7. The molecule has 0 aliphatic heterocycles. The Bertz CT molecular complexity index is 873. The number of carbonyl (C=O) groups is 3. The molecule has 2 heterocycles. The molecule has 0 amide bonds. The van der Waals surface area contributed by atoms with Gasteiger partial charge in [-0.25, -0.2) is 9.59 Å². The first kappa shape index (κ1) is 21.8. The predicted octanol–water partition coefficient (Wildman–Crippen LogP) is 3.65. The van der Waals surface area contributed by atoms with E-state index in [1.165, 1.54) is 11.8 Å². The molecule has 0 saturated carbocycles. The lowest BCUT2D eigenvalue weighted by atomic mass is 10.2. The number of ether oxygens (including phenoxy) is 3. The summed E-state index contributed by atoms with van der Waals surface area (Å²) in [5.74, 6) is -1.02. The summed E-state index contributed by atoms with van der Waals surface area (Å²) in [6.45, 7) is 7.81. The Morgan fingerprint density at radius 1 is 1.00 bits per heavy atom. The van der Waals surface area contributed by atoms with Crippen molar-refractivity contribution in [1.82, 2.24) is 4.40 Å². The second kappa shape index (κ2) is 10.2. The van der Waals surface area contributed by atoms with Crippen molar-refractivity contribution in [1.29, 1.82) is 0 Å². The van der Waals surface area contributed by atoms with Crippen molar-refractivity contribution in [2.45, 2.75) is 39.0 Å². The summed E-state index contributed by atoms with van der Waals surface area (Å²) in [4.78, 5) is 37.5. The van der Waals surface area contributed by atoms with Gasteiger partial charge in [-0.05, 0) is 45.4 Å². The van der Waals surface area contributed by atoms with Gasteiger partial charge < -0.3 is 18.6 Å². The van der Waals surface area contributed by atoms with Gasteiger partial charge in [-0.15, -0.1) is 11.8 Å². The van der Waals surface area contributed by atoms with Crippen molar-refractivity contribution in [2.24, 2.45) is 0 Å². The van der Waals surface area contributed by atoms with E-state index >= 15 is 0 Å². The zero-order valence-electron chi connectivity index (χ0n) is 16.6. The fraction of sp³-hybridized carbons (Fsp3) is 0.450. The molecule has 0 radical (unpaired) electrons. The Kier molecular flexibility index (Phi) is 7.92. The number of aryl methyl sites for hydroxylation is 1. The first-order valence-electron chi connectivity index (χ1n) is 9.21. The topological polar surface area (TPSA) is 83.3 Å². The monoisotopic (exact) mass is 407 g/mol. The third-order valence-electron chi connectivity index (χ3n) is 3.86. The number of aromatic nitrogens is 1. The molecule has 0 aromatic carbocycles. The van der Waals surface area contributed by atoms with Gasteiger partial charge >= 0.3 is 17.9 Å². The summed E-state index contributed by atoms with van der Waals surface area (Å²) >= 11 is 1.24. The molecule has 7 nitrogen and oxygen atoms in total. The minimum absolute atomic E-state index is 0.161. The van der Waals surface area contributed by atoms with Gasteiger partial charge in [0.2, 0.25) is 0 Å². The third-order valence-corrected chi connectivity index (χ3v) is 4.95. The second-order valence-electron chi connectivity index (χ2n) is 5.86. The molecule has 2 aromatic rings. The smallest absolute Gasteiger partial charge is 0.356 e. The molecule has 0 bridgehead atoms. The van der Waals surface area contributed by atoms with E-state index in [1.807, 2.05) is 19.1 Å². The molecule has 152 valence electrons. The van der Waals surface area contributed by atoms with Crippen LogP contribution in [0.5, 0.6) is 0 Å². The number of fused-ring (bicyclic) bond motifs is 1. The van der Waals surface area contributed by atoms with E-state index in [4.69, 9.17) is 14.2 Å². The Labute approximate surface area is 168 Å². The van der Waals surface area contributed by atoms with Crippen molar-refractivity contribution in [3.05, 3.63) is 35.2 Å². The fourth-order valence-corrected chi connectivity index (χ4v) is 3.86. The van der Waals surface area contributed by atoms with Gasteiger partial charge in [-0.1, -0.05) is 0 Å². The minimum atomic E-state index is -0.532. The predicted molar refractivity (Wildman–Crippen MR) is 106 cm³/mol. The molecule has 0 unspecified atom stereocenters. The van der Waals surface area contributed by atoms with Crippen LogP contribution in [0.1, 0.15) is 53.6 Å². The van der Waals surface area contributed by atoms with Crippen LogP contribution in [-0.4, -0.2) is 47.9 Å². The maximum Gasteiger partial charge on any atom is 0.356 e. The number of carbonyl (C=O) groups excluding carboxylic acids is 3. The van der Waals surface area contributed by atoms with E-state index < -0.39 is 11.9 Å². The molecule has 0 fully saturated rings. The molecule has 0 aliphatic rings. The molecular formula is C20H25NO6S. The lowest BCUT2D eigenvalue weighted by Gasteiger charge is -2.07. The van der Waals surface area contributed by atoms with Crippen molar-refractivity contribution in [3.63, 3.8) is 0 Å². The molecule has 0 N–H and O–H groups in total. The highest BCUT2D eigenvalue weighted by Crippen LogP contribution is 2.35. The quantitative estimate of drug-likeness (QED) is 0.356. The first-order valence-corrected chi connectivity index (χ1v) is 10.2. The SMILES string of the molecule is CCOC(=O)CCSc1c(C(=O)OCC)c2cc(C)ccn2c1C(=O)OCC. The molecule has 0 aliphatic carbocycles. The zero-order valence-corrected chi connectivity index (χ0v) is 17.4. The van der Waals surface area contributed by atoms with Crippen LogP contribution in [-0.2, 0) is 19.0 Å². The van der Waals surface area contributed by atoms with Crippen molar-refractivity contribution in [2.75, 3.05) is 25.6 Å².